The van der Waals surface area contributed by atoms with Gasteiger partial charge in [0.2, 0.25) is 11.8 Å². The van der Waals surface area contributed by atoms with Gasteiger partial charge in [0.05, 0.1) is 29.8 Å². The lowest BCUT2D eigenvalue weighted by molar-refractivity contribution is -0.136. The van der Waals surface area contributed by atoms with Crippen molar-refractivity contribution in [2.45, 2.75) is 75.8 Å². The van der Waals surface area contributed by atoms with E-state index >= 15 is 0 Å². The molecule has 5 rings (SSSR count). The van der Waals surface area contributed by atoms with Crippen LogP contribution < -0.4 is 10.2 Å². The first kappa shape index (κ1) is 24.1. The number of nitriles is 2. The molecular formula is C26H30N6O4. The lowest BCUT2D eigenvalue weighted by atomic mass is 10.1. The maximum absolute atomic E-state index is 13.6. The van der Waals surface area contributed by atoms with Crippen molar-refractivity contribution < 1.29 is 19.1 Å². The Bertz CT molecular complexity index is 1180. The molecule has 0 unspecified atom stereocenters. The Morgan fingerprint density at radius 3 is 2.67 bits per heavy atom. The van der Waals surface area contributed by atoms with Crippen molar-refractivity contribution in [3.05, 3.63) is 29.8 Å². The number of nitrogens with one attached hydrogen (secondary N) is 1. The SMILES string of the molecule is CC(C)(C)OC(=O)N[C@@H](CN1C[C@H]2C[C@@H]1C(=O)N2c1cccc(C#N)c1)C(=O)N1[C@H](C#N)C[C@@H]2C[C@@H]21. The van der Waals surface area contributed by atoms with E-state index in [0.717, 1.165) is 6.42 Å². The minimum atomic E-state index is -0.933. The summed E-state index contributed by atoms with van der Waals surface area (Å²) in [7, 11) is 0. The standard InChI is InChI=1S/C26H30N6O4/c1-26(2,3)36-25(35)29-20(23(33)32-18(12-28)8-16-9-21(16)32)14-30-13-19-10-22(30)24(34)31(19)17-6-4-5-15(7-17)11-27/h4-7,16,18-22H,8-10,13-14H2,1-3H3,(H,29,35)/t16-,18+,19-,20+,21+,22-/m1/s1. The van der Waals surface area contributed by atoms with Gasteiger partial charge in [0.25, 0.3) is 0 Å². The molecule has 3 saturated heterocycles. The van der Waals surface area contributed by atoms with E-state index in [0.29, 0.717) is 36.6 Å². The molecule has 4 fully saturated rings. The van der Waals surface area contributed by atoms with Crippen LogP contribution in [0.4, 0.5) is 10.5 Å². The van der Waals surface area contributed by atoms with Crippen LogP contribution in [0.5, 0.6) is 0 Å². The van der Waals surface area contributed by atoms with Gasteiger partial charge in [0.15, 0.2) is 0 Å². The van der Waals surface area contributed by atoms with Crippen LogP contribution in [-0.2, 0) is 14.3 Å². The molecule has 3 aliphatic heterocycles. The van der Waals surface area contributed by atoms with Gasteiger partial charge in [-0.05, 0) is 64.2 Å². The van der Waals surface area contributed by atoms with E-state index < -0.39 is 29.8 Å². The highest BCUT2D eigenvalue weighted by atomic mass is 16.6. The molecule has 4 aliphatic rings. The number of anilines is 1. The fourth-order valence-corrected chi connectivity index (χ4v) is 5.87. The van der Waals surface area contributed by atoms with Gasteiger partial charge in [0, 0.05) is 24.8 Å². The van der Waals surface area contributed by atoms with Crippen LogP contribution in [0.3, 0.4) is 0 Å². The Labute approximate surface area is 210 Å². The molecule has 188 valence electrons. The van der Waals surface area contributed by atoms with E-state index in [2.05, 4.69) is 17.5 Å². The summed E-state index contributed by atoms with van der Waals surface area (Å²) in [6.45, 7) is 5.94. The van der Waals surface area contributed by atoms with Crippen molar-refractivity contribution >= 4 is 23.6 Å². The second-order valence-corrected chi connectivity index (χ2v) is 11.1. The van der Waals surface area contributed by atoms with E-state index in [-0.39, 0.29) is 30.4 Å². The van der Waals surface area contributed by atoms with Gasteiger partial charge in [-0.15, -0.1) is 0 Å². The summed E-state index contributed by atoms with van der Waals surface area (Å²) < 4.78 is 5.41. The molecular weight excluding hydrogens is 460 g/mol. The molecule has 10 heteroatoms. The van der Waals surface area contributed by atoms with Gasteiger partial charge in [0.1, 0.15) is 17.7 Å². The van der Waals surface area contributed by atoms with Crippen LogP contribution >= 0.6 is 0 Å². The predicted octanol–water partition coefficient (Wildman–Crippen LogP) is 1.75. The predicted molar refractivity (Wildman–Crippen MR) is 128 cm³/mol. The highest BCUT2D eigenvalue weighted by Gasteiger charge is 2.56. The molecule has 1 saturated carbocycles. The van der Waals surface area contributed by atoms with E-state index in [1.807, 2.05) is 11.0 Å². The van der Waals surface area contributed by atoms with Gasteiger partial charge >= 0.3 is 6.09 Å². The molecule has 0 spiro atoms. The van der Waals surface area contributed by atoms with Crippen LogP contribution in [-0.4, -0.2) is 76.6 Å². The lowest BCUT2D eigenvalue weighted by Gasteiger charge is -2.36. The molecule has 1 aliphatic carbocycles. The van der Waals surface area contributed by atoms with Gasteiger partial charge in [-0.1, -0.05) is 6.07 Å². The summed E-state index contributed by atoms with van der Waals surface area (Å²) >= 11 is 0. The van der Waals surface area contributed by atoms with E-state index in [1.54, 1.807) is 48.8 Å². The molecule has 10 nitrogen and oxygen atoms in total. The first-order valence-electron chi connectivity index (χ1n) is 12.4. The van der Waals surface area contributed by atoms with Crippen LogP contribution in [0.25, 0.3) is 0 Å². The van der Waals surface area contributed by atoms with Crippen molar-refractivity contribution in [3.63, 3.8) is 0 Å². The van der Waals surface area contributed by atoms with Crippen molar-refractivity contribution in [2.24, 2.45) is 5.92 Å². The average Bonchev–Trinajstić information content (AvgIpc) is 3.15. The topological polar surface area (TPSA) is 130 Å². The van der Waals surface area contributed by atoms with E-state index in [9.17, 15) is 24.9 Å². The third-order valence-electron chi connectivity index (χ3n) is 7.44. The van der Waals surface area contributed by atoms with Crippen molar-refractivity contribution in [1.29, 1.82) is 10.5 Å². The minimum Gasteiger partial charge on any atom is -0.444 e. The fraction of sp³-hybridized carbons (Fsp3) is 0.577. The summed E-state index contributed by atoms with van der Waals surface area (Å²) in [5, 5.41) is 21.5. The van der Waals surface area contributed by atoms with Crippen molar-refractivity contribution in [1.82, 2.24) is 15.1 Å². The fourth-order valence-electron chi connectivity index (χ4n) is 5.87. The Morgan fingerprint density at radius 2 is 2.00 bits per heavy atom. The number of fused-ring (bicyclic) bond motifs is 3. The van der Waals surface area contributed by atoms with Crippen molar-refractivity contribution in [2.75, 3.05) is 18.0 Å². The first-order valence-corrected chi connectivity index (χ1v) is 12.4. The molecule has 3 heterocycles. The highest BCUT2D eigenvalue weighted by Crippen LogP contribution is 2.48. The minimum absolute atomic E-state index is 0.0460. The number of amides is 3. The normalized spacial score (nSPS) is 29.4. The Hall–Kier alpha value is -3.63. The molecule has 1 N–H and O–H groups in total. The zero-order valence-electron chi connectivity index (χ0n) is 20.7. The zero-order valence-corrected chi connectivity index (χ0v) is 20.7. The summed E-state index contributed by atoms with van der Waals surface area (Å²) in [4.78, 5) is 44.9. The van der Waals surface area contributed by atoms with E-state index in [1.165, 1.54) is 0 Å². The zero-order chi connectivity index (χ0) is 25.8. The molecule has 36 heavy (non-hydrogen) atoms. The number of ether oxygens (including phenoxy) is 1. The first-order chi connectivity index (χ1) is 17.1. The molecule has 1 aromatic carbocycles. The molecule has 1 aromatic rings. The van der Waals surface area contributed by atoms with E-state index in [4.69, 9.17) is 4.74 Å². The van der Waals surface area contributed by atoms with Gasteiger partial charge in [-0.25, -0.2) is 4.79 Å². The summed E-state index contributed by atoms with van der Waals surface area (Å²) in [6.07, 6.45) is 1.45. The summed E-state index contributed by atoms with van der Waals surface area (Å²) in [5.74, 6) is -0.0303. The number of benzene rings is 1. The second kappa shape index (κ2) is 8.79. The molecule has 0 radical (unpaired) electrons. The number of hydrogen-bond acceptors (Lipinski definition) is 7. The van der Waals surface area contributed by atoms with Crippen molar-refractivity contribution in [3.8, 4) is 12.1 Å². The number of hydrogen-bond donors (Lipinski definition) is 1. The third kappa shape index (κ3) is 4.38. The number of carbonyl (C=O) groups is 3. The number of carbonyl (C=O) groups excluding carboxylic acids is 3. The summed E-state index contributed by atoms with van der Waals surface area (Å²) in [5.41, 5.74) is 0.450. The average molecular weight is 491 g/mol. The quantitative estimate of drug-likeness (QED) is 0.666. The number of alkyl carbamates (subject to hydrolysis) is 1. The smallest absolute Gasteiger partial charge is 0.408 e. The molecule has 0 aromatic heterocycles. The number of nitrogens with zero attached hydrogens (tertiary/aromatic N) is 5. The van der Waals surface area contributed by atoms with Gasteiger partial charge in [-0.3, -0.25) is 14.5 Å². The Morgan fingerprint density at radius 1 is 1.22 bits per heavy atom. The lowest BCUT2D eigenvalue weighted by Crippen LogP contribution is -2.59. The maximum Gasteiger partial charge on any atom is 0.408 e. The second-order valence-electron chi connectivity index (χ2n) is 11.1. The largest absolute Gasteiger partial charge is 0.444 e. The third-order valence-corrected chi connectivity index (χ3v) is 7.44. The number of piperazine rings is 1. The number of piperidine rings is 1. The number of rotatable bonds is 5. The van der Waals surface area contributed by atoms with Crippen LogP contribution in [0.1, 0.15) is 45.6 Å². The maximum atomic E-state index is 13.6. The Balaban J connectivity index is 1.33. The van der Waals surface area contributed by atoms with Gasteiger partial charge in [-0.2, -0.15) is 10.5 Å². The molecule has 6 atom stereocenters. The molecule has 2 bridgehead atoms. The van der Waals surface area contributed by atoms with Gasteiger partial charge < -0.3 is 19.9 Å². The number of likely N-dealkylation sites (tertiary alicyclic amines) is 2. The van der Waals surface area contributed by atoms with Crippen LogP contribution in [0, 0.1) is 28.6 Å². The van der Waals surface area contributed by atoms with Crippen LogP contribution in [0.15, 0.2) is 24.3 Å². The van der Waals surface area contributed by atoms with Crippen LogP contribution in [0.2, 0.25) is 0 Å². The Kier molecular flexibility index (Phi) is 5.88. The monoisotopic (exact) mass is 490 g/mol. The summed E-state index contributed by atoms with van der Waals surface area (Å²) in [6, 6.07) is 9.44. The molecule has 3 amide bonds. The highest BCUT2D eigenvalue weighted by molar-refractivity contribution is 6.01.